The Kier molecular flexibility index (Phi) is 2.48. The highest BCUT2D eigenvalue weighted by atomic mass is 19.1. The molecule has 2 aromatic rings. The lowest BCUT2D eigenvalue weighted by Gasteiger charge is -2.08. The number of nitrogens with two attached hydrogens (primary N) is 1. The highest BCUT2D eigenvalue weighted by Crippen LogP contribution is 2.18. The molecule has 1 aromatic carbocycles. The predicted octanol–water partition coefficient (Wildman–Crippen LogP) is 1.77. The van der Waals surface area contributed by atoms with E-state index in [2.05, 4.69) is 0 Å². The Morgan fingerprint density at radius 2 is 2.00 bits per heavy atom. The van der Waals surface area contributed by atoms with Crippen LogP contribution < -0.4 is 11.3 Å². The molecule has 1 aromatic heterocycles. The Hall–Kier alpha value is -2.10. The quantitative estimate of drug-likeness (QED) is 0.793. The van der Waals surface area contributed by atoms with Crippen molar-refractivity contribution in [3.8, 4) is 11.3 Å². The second kappa shape index (κ2) is 3.81. The number of anilines is 1. The molecular weight excluding hydrogens is 207 g/mol. The van der Waals surface area contributed by atoms with Gasteiger partial charge < -0.3 is 10.3 Å². The van der Waals surface area contributed by atoms with Crippen LogP contribution in [0.2, 0.25) is 0 Å². The Balaban J connectivity index is 2.66. The van der Waals surface area contributed by atoms with Gasteiger partial charge in [0.2, 0.25) is 0 Å². The molecule has 0 saturated heterocycles. The van der Waals surface area contributed by atoms with Crippen LogP contribution in [-0.4, -0.2) is 4.57 Å². The first kappa shape index (κ1) is 10.4. The minimum Gasteiger partial charge on any atom is -0.394 e. The smallest absolute Gasteiger partial charge is 0.273 e. The van der Waals surface area contributed by atoms with Crippen molar-refractivity contribution in [1.29, 1.82) is 0 Å². The lowest BCUT2D eigenvalue weighted by atomic mass is 10.1. The van der Waals surface area contributed by atoms with Crippen LogP contribution in [0.25, 0.3) is 11.3 Å². The first-order valence-electron chi connectivity index (χ1n) is 4.81. The standard InChI is InChI=1S/C12H11FN2O/c1-15-11(6-5-10(14)12(15)16)8-3-2-4-9(13)7-8/h2-7H,14H2,1H3. The number of nitrogens with zero attached hydrogens (tertiary/aromatic N) is 1. The van der Waals surface area contributed by atoms with Crippen LogP contribution in [0, 0.1) is 5.82 Å². The molecule has 0 radical (unpaired) electrons. The highest BCUT2D eigenvalue weighted by Gasteiger charge is 2.05. The molecule has 0 saturated carbocycles. The second-order valence-electron chi connectivity index (χ2n) is 3.55. The number of nitrogen functional groups attached to an aromatic ring is 1. The lowest BCUT2D eigenvalue weighted by Crippen LogP contribution is -2.21. The Labute approximate surface area is 92.0 Å². The molecule has 0 amide bonds. The van der Waals surface area contributed by atoms with Crippen molar-refractivity contribution in [2.75, 3.05) is 5.73 Å². The van der Waals surface area contributed by atoms with E-state index in [1.807, 2.05) is 0 Å². The van der Waals surface area contributed by atoms with Gasteiger partial charge in [-0.2, -0.15) is 0 Å². The van der Waals surface area contributed by atoms with E-state index in [0.717, 1.165) is 0 Å². The fourth-order valence-electron chi connectivity index (χ4n) is 1.59. The number of aromatic nitrogens is 1. The van der Waals surface area contributed by atoms with Crippen LogP contribution in [-0.2, 0) is 7.05 Å². The third kappa shape index (κ3) is 1.69. The Bertz CT molecular complexity index is 590. The number of hydrogen-bond acceptors (Lipinski definition) is 2. The summed E-state index contributed by atoms with van der Waals surface area (Å²) in [5.41, 5.74) is 6.69. The van der Waals surface area contributed by atoms with Gasteiger partial charge in [-0.05, 0) is 24.3 Å². The normalized spacial score (nSPS) is 10.4. The summed E-state index contributed by atoms with van der Waals surface area (Å²) >= 11 is 0. The minimum absolute atomic E-state index is 0.183. The number of rotatable bonds is 1. The Morgan fingerprint density at radius 3 is 2.69 bits per heavy atom. The second-order valence-corrected chi connectivity index (χ2v) is 3.55. The van der Waals surface area contributed by atoms with Crippen molar-refractivity contribution in [3.05, 3.63) is 52.6 Å². The zero-order chi connectivity index (χ0) is 11.7. The molecule has 82 valence electrons. The van der Waals surface area contributed by atoms with Crippen molar-refractivity contribution < 1.29 is 4.39 Å². The molecule has 16 heavy (non-hydrogen) atoms. The molecule has 0 aliphatic heterocycles. The van der Waals surface area contributed by atoms with Gasteiger partial charge in [0.05, 0.1) is 11.4 Å². The SMILES string of the molecule is Cn1c(-c2cccc(F)c2)ccc(N)c1=O. The molecular formula is C12H11FN2O. The molecule has 0 atom stereocenters. The van der Waals surface area contributed by atoms with E-state index in [-0.39, 0.29) is 17.1 Å². The number of hydrogen-bond donors (Lipinski definition) is 1. The Morgan fingerprint density at radius 1 is 1.25 bits per heavy atom. The minimum atomic E-state index is -0.332. The first-order chi connectivity index (χ1) is 7.59. The van der Waals surface area contributed by atoms with Gasteiger partial charge in [0.25, 0.3) is 5.56 Å². The fraction of sp³-hybridized carbons (Fsp3) is 0.0833. The molecule has 0 fully saturated rings. The largest absolute Gasteiger partial charge is 0.394 e. The van der Waals surface area contributed by atoms with Crippen molar-refractivity contribution in [3.63, 3.8) is 0 Å². The van der Waals surface area contributed by atoms with Crippen LogP contribution >= 0.6 is 0 Å². The van der Waals surface area contributed by atoms with Crippen LogP contribution in [0.1, 0.15) is 0 Å². The van der Waals surface area contributed by atoms with E-state index in [1.54, 1.807) is 25.2 Å². The van der Waals surface area contributed by atoms with E-state index in [1.165, 1.54) is 22.8 Å². The summed E-state index contributed by atoms with van der Waals surface area (Å²) in [5, 5.41) is 0. The summed E-state index contributed by atoms with van der Waals surface area (Å²) in [4.78, 5) is 11.6. The zero-order valence-corrected chi connectivity index (χ0v) is 8.77. The maximum Gasteiger partial charge on any atom is 0.273 e. The average molecular weight is 218 g/mol. The summed E-state index contributed by atoms with van der Waals surface area (Å²) in [5.74, 6) is -0.332. The average Bonchev–Trinajstić information content (AvgIpc) is 2.26. The van der Waals surface area contributed by atoms with Crippen molar-refractivity contribution in [2.24, 2.45) is 7.05 Å². The topological polar surface area (TPSA) is 48.0 Å². The predicted molar refractivity (Wildman–Crippen MR) is 61.5 cm³/mol. The summed E-state index contributed by atoms with van der Waals surface area (Å²) in [7, 11) is 1.61. The third-order valence-corrected chi connectivity index (χ3v) is 2.45. The van der Waals surface area contributed by atoms with Gasteiger partial charge in [0.15, 0.2) is 0 Å². The van der Waals surface area contributed by atoms with Gasteiger partial charge >= 0.3 is 0 Å². The maximum atomic E-state index is 13.1. The first-order valence-corrected chi connectivity index (χ1v) is 4.81. The summed E-state index contributed by atoms with van der Waals surface area (Å²) < 4.78 is 14.5. The summed E-state index contributed by atoms with van der Waals surface area (Å²) in [6.07, 6.45) is 0. The van der Waals surface area contributed by atoms with Crippen molar-refractivity contribution in [1.82, 2.24) is 4.57 Å². The van der Waals surface area contributed by atoms with E-state index in [9.17, 15) is 9.18 Å². The molecule has 0 aliphatic carbocycles. The zero-order valence-electron chi connectivity index (χ0n) is 8.77. The molecule has 2 rings (SSSR count). The molecule has 0 bridgehead atoms. The van der Waals surface area contributed by atoms with E-state index >= 15 is 0 Å². The third-order valence-electron chi connectivity index (χ3n) is 2.45. The monoisotopic (exact) mass is 218 g/mol. The van der Waals surface area contributed by atoms with Gasteiger partial charge in [-0.3, -0.25) is 4.79 Å². The van der Waals surface area contributed by atoms with Gasteiger partial charge in [0.1, 0.15) is 5.82 Å². The van der Waals surface area contributed by atoms with Gasteiger partial charge in [0, 0.05) is 12.6 Å². The van der Waals surface area contributed by atoms with Gasteiger partial charge in [-0.15, -0.1) is 0 Å². The van der Waals surface area contributed by atoms with Crippen LogP contribution in [0.3, 0.4) is 0 Å². The van der Waals surface area contributed by atoms with Crippen LogP contribution in [0.5, 0.6) is 0 Å². The van der Waals surface area contributed by atoms with Crippen molar-refractivity contribution >= 4 is 5.69 Å². The molecule has 0 unspecified atom stereocenters. The highest BCUT2D eigenvalue weighted by molar-refractivity contribution is 5.61. The number of pyridine rings is 1. The molecule has 2 N–H and O–H groups in total. The molecule has 1 heterocycles. The van der Waals surface area contributed by atoms with E-state index in [0.29, 0.717) is 11.3 Å². The molecule has 0 spiro atoms. The summed E-state index contributed by atoms with van der Waals surface area (Å²) in [6.45, 7) is 0. The van der Waals surface area contributed by atoms with Crippen LogP contribution in [0.15, 0.2) is 41.2 Å². The summed E-state index contributed by atoms with van der Waals surface area (Å²) in [6, 6.07) is 9.32. The van der Waals surface area contributed by atoms with Gasteiger partial charge in [-0.25, -0.2) is 4.39 Å². The van der Waals surface area contributed by atoms with Crippen molar-refractivity contribution in [2.45, 2.75) is 0 Å². The van der Waals surface area contributed by atoms with Gasteiger partial charge in [-0.1, -0.05) is 12.1 Å². The maximum absolute atomic E-state index is 13.1. The van der Waals surface area contributed by atoms with Crippen LogP contribution in [0.4, 0.5) is 10.1 Å². The number of benzene rings is 1. The molecule has 3 nitrogen and oxygen atoms in total. The van der Waals surface area contributed by atoms with E-state index in [4.69, 9.17) is 5.73 Å². The number of halogens is 1. The molecule has 0 aliphatic rings. The fourth-order valence-corrected chi connectivity index (χ4v) is 1.59. The molecule has 4 heteroatoms. The lowest BCUT2D eigenvalue weighted by molar-refractivity contribution is 0.628. The van der Waals surface area contributed by atoms with E-state index < -0.39 is 0 Å².